The maximum atomic E-state index is 9.77. The molecule has 0 bridgehead atoms. The molecule has 0 amide bonds. The molecule has 2 unspecified atom stereocenters. The van der Waals surface area contributed by atoms with Crippen LogP contribution in [0.15, 0.2) is 48.5 Å². The monoisotopic (exact) mass is 282 g/mol. The highest BCUT2D eigenvalue weighted by Crippen LogP contribution is 2.46. The minimum atomic E-state index is -0.216. The molecule has 1 aliphatic rings. The molecule has 108 valence electrons. The van der Waals surface area contributed by atoms with Gasteiger partial charge in [-0.1, -0.05) is 30.4 Å². The number of hydrogen-bond donors (Lipinski definition) is 2. The van der Waals surface area contributed by atoms with Crippen LogP contribution in [-0.4, -0.2) is 16.8 Å². The van der Waals surface area contributed by atoms with E-state index in [0.29, 0.717) is 0 Å². The number of allylic oxidation sites excluding steroid dienone is 1. The van der Waals surface area contributed by atoms with E-state index in [1.54, 1.807) is 12.1 Å². The molecule has 0 saturated carbocycles. The molecule has 0 aliphatic carbocycles. The van der Waals surface area contributed by atoms with Gasteiger partial charge in [-0.3, -0.25) is 0 Å². The Morgan fingerprint density at radius 2 is 1.90 bits per heavy atom. The van der Waals surface area contributed by atoms with Crippen LogP contribution in [0.25, 0.3) is 6.08 Å². The van der Waals surface area contributed by atoms with Crippen molar-refractivity contribution in [3.05, 3.63) is 65.2 Å². The van der Waals surface area contributed by atoms with Crippen LogP contribution in [0, 0.1) is 0 Å². The average Bonchev–Trinajstić information content (AvgIpc) is 2.86. The van der Waals surface area contributed by atoms with Crippen LogP contribution in [0.2, 0.25) is 0 Å². The van der Waals surface area contributed by atoms with Gasteiger partial charge in [0.25, 0.3) is 0 Å². The van der Waals surface area contributed by atoms with E-state index in [4.69, 9.17) is 4.74 Å². The Hall–Kier alpha value is -2.26. The molecular weight excluding hydrogens is 264 g/mol. The molecule has 0 fully saturated rings. The van der Waals surface area contributed by atoms with E-state index < -0.39 is 0 Å². The van der Waals surface area contributed by atoms with E-state index in [1.165, 1.54) is 0 Å². The highest BCUT2D eigenvalue weighted by molar-refractivity contribution is 5.56. The maximum absolute atomic E-state index is 9.77. The number of phenols is 1. The van der Waals surface area contributed by atoms with Gasteiger partial charge in [0.1, 0.15) is 17.6 Å². The molecule has 0 radical (unpaired) electrons. The van der Waals surface area contributed by atoms with E-state index in [-0.39, 0.29) is 24.4 Å². The lowest BCUT2D eigenvalue weighted by Gasteiger charge is -2.17. The second kappa shape index (κ2) is 5.62. The van der Waals surface area contributed by atoms with Crippen molar-refractivity contribution in [1.29, 1.82) is 0 Å². The first kappa shape index (κ1) is 13.7. The first-order valence-electron chi connectivity index (χ1n) is 7.06. The van der Waals surface area contributed by atoms with Crippen LogP contribution in [-0.2, 0) is 0 Å². The summed E-state index contributed by atoms with van der Waals surface area (Å²) >= 11 is 0. The highest BCUT2D eigenvalue weighted by Gasteiger charge is 2.35. The van der Waals surface area contributed by atoms with E-state index in [2.05, 4.69) is 6.07 Å². The minimum Gasteiger partial charge on any atom is -0.508 e. The summed E-state index contributed by atoms with van der Waals surface area (Å²) in [5.74, 6) is 0.959. The Labute approximate surface area is 124 Å². The highest BCUT2D eigenvalue weighted by atomic mass is 16.5. The number of benzene rings is 2. The fourth-order valence-corrected chi connectivity index (χ4v) is 2.80. The molecule has 0 aromatic heterocycles. The third kappa shape index (κ3) is 2.52. The summed E-state index contributed by atoms with van der Waals surface area (Å²) in [6.45, 7) is 2.00. The topological polar surface area (TPSA) is 49.7 Å². The van der Waals surface area contributed by atoms with Gasteiger partial charge in [-0.05, 0) is 42.3 Å². The van der Waals surface area contributed by atoms with Gasteiger partial charge in [0.05, 0.1) is 12.5 Å². The number of rotatable bonds is 3. The molecule has 2 aromatic rings. The van der Waals surface area contributed by atoms with Gasteiger partial charge >= 0.3 is 0 Å². The lowest BCUT2D eigenvalue weighted by molar-refractivity contribution is 0.160. The average molecular weight is 282 g/mol. The quantitative estimate of drug-likeness (QED) is 0.903. The first-order valence-corrected chi connectivity index (χ1v) is 7.06. The molecule has 1 aliphatic heterocycles. The number of aliphatic hydroxyl groups excluding tert-OH is 1. The number of aromatic hydroxyl groups is 1. The minimum absolute atomic E-state index is 0.0256. The van der Waals surface area contributed by atoms with Crippen LogP contribution in [0.5, 0.6) is 11.5 Å². The van der Waals surface area contributed by atoms with Crippen molar-refractivity contribution in [1.82, 2.24) is 0 Å². The van der Waals surface area contributed by atoms with Gasteiger partial charge in [0.15, 0.2) is 0 Å². The van der Waals surface area contributed by atoms with Gasteiger partial charge in [-0.15, -0.1) is 0 Å². The lowest BCUT2D eigenvalue weighted by Crippen LogP contribution is -2.13. The number of ether oxygens (including phenoxy) is 1. The van der Waals surface area contributed by atoms with Gasteiger partial charge in [0.2, 0.25) is 0 Å². The summed E-state index contributed by atoms with van der Waals surface area (Å²) < 4.78 is 6.00. The summed E-state index contributed by atoms with van der Waals surface area (Å²) in [6.07, 6.45) is 3.80. The second-order valence-corrected chi connectivity index (χ2v) is 5.22. The molecule has 3 heteroatoms. The van der Waals surface area contributed by atoms with E-state index in [0.717, 1.165) is 22.4 Å². The normalized spacial score (nSPS) is 20.5. The SMILES string of the molecule is CC=Cc1ccc2c(c1)C(CO)C(c1ccc(O)cc1)O2. The van der Waals surface area contributed by atoms with E-state index >= 15 is 0 Å². The van der Waals surface area contributed by atoms with Gasteiger partial charge < -0.3 is 14.9 Å². The maximum Gasteiger partial charge on any atom is 0.133 e. The Morgan fingerprint density at radius 3 is 2.57 bits per heavy atom. The van der Waals surface area contributed by atoms with Crippen LogP contribution in [0.4, 0.5) is 0 Å². The van der Waals surface area contributed by atoms with Crippen molar-refractivity contribution in [3.8, 4) is 11.5 Å². The van der Waals surface area contributed by atoms with Crippen LogP contribution >= 0.6 is 0 Å². The summed E-state index contributed by atoms with van der Waals surface area (Å²) in [5.41, 5.74) is 3.09. The van der Waals surface area contributed by atoms with Gasteiger partial charge in [0, 0.05) is 5.56 Å². The van der Waals surface area contributed by atoms with Crippen molar-refractivity contribution in [2.24, 2.45) is 0 Å². The van der Waals surface area contributed by atoms with E-state index in [1.807, 2.05) is 43.3 Å². The molecular formula is C18H18O3. The van der Waals surface area contributed by atoms with Crippen molar-refractivity contribution in [2.75, 3.05) is 6.61 Å². The zero-order valence-corrected chi connectivity index (χ0v) is 11.9. The van der Waals surface area contributed by atoms with Crippen molar-refractivity contribution < 1.29 is 14.9 Å². The third-order valence-corrected chi connectivity index (χ3v) is 3.83. The largest absolute Gasteiger partial charge is 0.508 e. The second-order valence-electron chi connectivity index (χ2n) is 5.22. The van der Waals surface area contributed by atoms with Crippen molar-refractivity contribution >= 4 is 6.08 Å². The molecule has 3 rings (SSSR count). The third-order valence-electron chi connectivity index (χ3n) is 3.83. The summed E-state index contributed by atoms with van der Waals surface area (Å²) in [7, 11) is 0. The summed E-state index contributed by atoms with van der Waals surface area (Å²) in [5, 5.41) is 19.2. The molecule has 21 heavy (non-hydrogen) atoms. The number of aliphatic hydroxyl groups is 1. The van der Waals surface area contributed by atoms with Crippen LogP contribution < -0.4 is 4.74 Å². The predicted molar refractivity (Wildman–Crippen MR) is 82.5 cm³/mol. The molecule has 0 saturated heterocycles. The number of hydrogen-bond acceptors (Lipinski definition) is 3. The fourth-order valence-electron chi connectivity index (χ4n) is 2.80. The molecule has 2 aromatic carbocycles. The lowest BCUT2D eigenvalue weighted by atomic mass is 9.91. The smallest absolute Gasteiger partial charge is 0.133 e. The summed E-state index contributed by atoms with van der Waals surface area (Å²) in [4.78, 5) is 0. The van der Waals surface area contributed by atoms with E-state index in [9.17, 15) is 10.2 Å². The number of fused-ring (bicyclic) bond motifs is 1. The zero-order valence-electron chi connectivity index (χ0n) is 11.9. The van der Waals surface area contributed by atoms with Crippen LogP contribution in [0.1, 0.15) is 35.6 Å². The Kier molecular flexibility index (Phi) is 3.67. The predicted octanol–water partition coefficient (Wildman–Crippen LogP) is 3.63. The van der Waals surface area contributed by atoms with Crippen molar-refractivity contribution in [2.45, 2.75) is 18.9 Å². The van der Waals surface area contributed by atoms with Crippen LogP contribution in [0.3, 0.4) is 0 Å². The zero-order chi connectivity index (χ0) is 14.8. The number of phenolic OH excluding ortho intramolecular Hbond substituents is 1. The molecule has 2 N–H and O–H groups in total. The standard InChI is InChI=1S/C18H18O3/c1-2-3-12-4-9-17-15(10-12)16(11-19)18(21-17)13-5-7-14(20)8-6-13/h2-10,16,18-20H,11H2,1H3. The molecule has 2 atom stereocenters. The molecule has 3 nitrogen and oxygen atoms in total. The van der Waals surface area contributed by atoms with Gasteiger partial charge in [-0.25, -0.2) is 0 Å². The summed E-state index contributed by atoms with van der Waals surface area (Å²) in [6, 6.07) is 13.0. The first-order chi connectivity index (χ1) is 10.2. The molecule has 0 spiro atoms. The van der Waals surface area contributed by atoms with Crippen molar-refractivity contribution in [3.63, 3.8) is 0 Å². The van der Waals surface area contributed by atoms with Gasteiger partial charge in [-0.2, -0.15) is 0 Å². The Morgan fingerprint density at radius 1 is 1.14 bits per heavy atom. The fraction of sp³-hybridized carbons (Fsp3) is 0.222. The Balaban J connectivity index is 1.97. The Bertz CT molecular complexity index is 659. The molecule has 1 heterocycles.